The number of ketones is 1. The van der Waals surface area contributed by atoms with Crippen LogP contribution in [-0.2, 0) is 9.59 Å². The van der Waals surface area contributed by atoms with Gasteiger partial charge in [-0.1, -0.05) is 0 Å². The number of hydrogen-bond donors (Lipinski definition) is 0. The number of benzene rings is 1. The molecular weight excluding hydrogens is 256 g/mol. The van der Waals surface area contributed by atoms with Crippen molar-refractivity contribution in [1.29, 1.82) is 10.5 Å². The summed E-state index contributed by atoms with van der Waals surface area (Å²) in [4.78, 5) is 22.8. The standard InChI is InChI=1S/C15H12N2O3/c1-10(19)14(15(9-18)2-3-15)20-13-5-11(7-16)4-12(6-13)8-17/h4-6,9,14H,2-3H2,1H3. The quantitative estimate of drug-likeness (QED) is 0.758. The molecule has 2 rings (SSSR count). The second kappa shape index (κ2) is 5.14. The van der Waals surface area contributed by atoms with Crippen LogP contribution in [0.4, 0.5) is 0 Å². The summed E-state index contributed by atoms with van der Waals surface area (Å²) in [5.74, 6) is 0.0180. The lowest BCUT2D eigenvalue weighted by Gasteiger charge is -2.21. The Morgan fingerprint density at radius 2 is 1.85 bits per heavy atom. The molecule has 0 aliphatic heterocycles. The van der Waals surface area contributed by atoms with Crippen LogP contribution in [0.3, 0.4) is 0 Å². The molecule has 100 valence electrons. The number of ether oxygens (including phenoxy) is 1. The molecule has 0 bridgehead atoms. The van der Waals surface area contributed by atoms with Gasteiger partial charge in [0.1, 0.15) is 12.0 Å². The number of carbonyl (C=O) groups is 2. The molecule has 20 heavy (non-hydrogen) atoms. The molecule has 0 N–H and O–H groups in total. The molecule has 0 heterocycles. The summed E-state index contributed by atoms with van der Waals surface area (Å²) >= 11 is 0. The first kappa shape index (κ1) is 13.8. The van der Waals surface area contributed by atoms with Crippen LogP contribution < -0.4 is 4.74 Å². The predicted octanol–water partition coefficient (Wildman–Crippen LogP) is 1.75. The van der Waals surface area contributed by atoms with Crippen LogP contribution in [0.5, 0.6) is 5.75 Å². The number of Topliss-reactive ketones (excluding diaryl/α,β-unsaturated/α-hetero) is 1. The monoisotopic (exact) mass is 268 g/mol. The summed E-state index contributed by atoms with van der Waals surface area (Å²) in [6.45, 7) is 1.37. The molecular formula is C15H12N2O3. The first-order valence-corrected chi connectivity index (χ1v) is 6.13. The van der Waals surface area contributed by atoms with Crippen LogP contribution in [0.25, 0.3) is 0 Å². The molecule has 0 saturated heterocycles. The lowest BCUT2D eigenvalue weighted by atomic mass is 9.98. The van der Waals surface area contributed by atoms with Gasteiger partial charge in [-0.15, -0.1) is 0 Å². The third kappa shape index (κ3) is 2.53. The molecule has 0 aromatic heterocycles. The molecule has 1 aromatic rings. The van der Waals surface area contributed by atoms with E-state index < -0.39 is 11.5 Å². The van der Waals surface area contributed by atoms with Crippen molar-refractivity contribution < 1.29 is 14.3 Å². The Morgan fingerprint density at radius 3 is 2.20 bits per heavy atom. The van der Waals surface area contributed by atoms with Crippen molar-refractivity contribution in [3.63, 3.8) is 0 Å². The molecule has 5 nitrogen and oxygen atoms in total. The Labute approximate surface area is 116 Å². The normalized spacial score (nSPS) is 16.4. The molecule has 0 amide bonds. The van der Waals surface area contributed by atoms with E-state index in [2.05, 4.69) is 0 Å². The fraction of sp³-hybridized carbons (Fsp3) is 0.333. The zero-order valence-corrected chi connectivity index (χ0v) is 10.9. The molecule has 1 unspecified atom stereocenters. The lowest BCUT2D eigenvalue weighted by molar-refractivity contribution is -0.131. The Hall–Kier alpha value is -2.66. The summed E-state index contributed by atoms with van der Waals surface area (Å²) in [7, 11) is 0. The van der Waals surface area contributed by atoms with Gasteiger partial charge in [0.25, 0.3) is 0 Å². The maximum absolute atomic E-state index is 11.7. The van der Waals surface area contributed by atoms with E-state index in [0.29, 0.717) is 12.8 Å². The number of hydrogen-bond acceptors (Lipinski definition) is 5. The van der Waals surface area contributed by atoms with Gasteiger partial charge in [0.15, 0.2) is 11.9 Å². The van der Waals surface area contributed by atoms with E-state index in [1.807, 2.05) is 12.1 Å². The van der Waals surface area contributed by atoms with Crippen molar-refractivity contribution in [3.05, 3.63) is 29.3 Å². The van der Waals surface area contributed by atoms with Crippen molar-refractivity contribution >= 4 is 12.1 Å². The summed E-state index contributed by atoms with van der Waals surface area (Å²) < 4.78 is 5.60. The second-order valence-corrected chi connectivity index (χ2v) is 4.93. The molecule has 1 atom stereocenters. The minimum atomic E-state index is -0.861. The Morgan fingerprint density at radius 1 is 1.30 bits per heavy atom. The van der Waals surface area contributed by atoms with Crippen molar-refractivity contribution in [2.75, 3.05) is 0 Å². The Balaban J connectivity index is 2.33. The number of nitrogens with zero attached hydrogens (tertiary/aromatic N) is 2. The van der Waals surface area contributed by atoms with Crippen LogP contribution >= 0.6 is 0 Å². The molecule has 1 saturated carbocycles. The highest BCUT2D eigenvalue weighted by Gasteiger charge is 2.53. The smallest absolute Gasteiger partial charge is 0.171 e. The van der Waals surface area contributed by atoms with Crippen LogP contribution in [0, 0.1) is 28.1 Å². The molecule has 0 radical (unpaired) electrons. The van der Waals surface area contributed by atoms with Crippen molar-refractivity contribution in [2.24, 2.45) is 5.41 Å². The van der Waals surface area contributed by atoms with E-state index in [4.69, 9.17) is 15.3 Å². The van der Waals surface area contributed by atoms with E-state index in [-0.39, 0.29) is 22.7 Å². The fourth-order valence-electron chi connectivity index (χ4n) is 2.12. The molecule has 1 aromatic carbocycles. The average Bonchev–Trinajstić information content (AvgIpc) is 3.24. The molecule has 5 heteroatoms. The maximum atomic E-state index is 11.7. The minimum absolute atomic E-state index is 0.240. The molecule has 1 aliphatic rings. The Bertz CT molecular complexity index is 616. The molecule has 1 aliphatic carbocycles. The van der Waals surface area contributed by atoms with E-state index in [9.17, 15) is 9.59 Å². The fourth-order valence-corrected chi connectivity index (χ4v) is 2.12. The van der Waals surface area contributed by atoms with E-state index >= 15 is 0 Å². The highest BCUT2D eigenvalue weighted by atomic mass is 16.5. The highest BCUT2D eigenvalue weighted by molar-refractivity contribution is 5.87. The summed E-state index contributed by atoms with van der Waals surface area (Å²) in [5, 5.41) is 17.8. The summed E-state index contributed by atoms with van der Waals surface area (Å²) in [6.07, 6.45) is 1.13. The topological polar surface area (TPSA) is 90.9 Å². The number of rotatable bonds is 5. The SMILES string of the molecule is CC(=O)C(Oc1cc(C#N)cc(C#N)c1)C1(C=O)CC1. The minimum Gasteiger partial charge on any atom is -0.482 e. The third-order valence-electron chi connectivity index (χ3n) is 3.37. The third-order valence-corrected chi connectivity index (χ3v) is 3.37. The van der Waals surface area contributed by atoms with Gasteiger partial charge in [0.05, 0.1) is 28.7 Å². The van der Waals surface area contributed by atoms with Crippen molar-refractivity contribution in [2.45, 2.75) is 25.9 Å². The largest absolute Gasteiger partial charge is 0.482 e. The first-order valence-electron chi connectivity index (χ1n) is 6.13. The predicted molar refractivity (Wildman–Crippen MR) is 68.7 cm³/mol. The van der Waals surface area contributed by atoms with E-state index in [1.165, 1.54) is 25.1 Å². The van der Waals surface area contributed by atoms with Gasteiger partial charge < -0.3 is 9.53 Å². The van der Waals surface area contributed by atoms with Crippen LogP contribution in [0.15, 0.2) is 18.2 Å². The summed E-state index contributed by atoms with van der Waals surface area (Å²) in [6, 6.07) is 8.20. The molecule has 1 fully saturated rings. The second-order valence-electron chi connectivity index (χ2n) is 4.93. The zero-order valence-electron chi connectivity index (χ0n) is 10.9. The number of nitriles is 2. The van der Waals surface area contributed by atoms with Crippen molar-refractivity contribution in [1.82, 2.24) is 0 Å². The first-order chi connectivity index (χ1) is 9.54. The van der Waals surface area contributed by atoms with Gasteiger partial charge in [0.2, 0.25) is 0 Å². The van der Waals surface area contributed by atoms with Crippen LogP contribution in [0.1, 0.15) is 30.9 Å². The van der Waals surface area contributed by atoms with Crippen molar-refractivity contribution in [3.8, 4) is 17.9 Å². The van der Waals surface area contributed by atoms with Gasteiger partial charge in [-0.25, -0.2) is 0 Å². The van der Waals surface area contributed by atoms with Crippen LogP contribution in [-0.4, -0.2) is 18.2 Å². The Kier molecular flexibility index (Phi) is 3.54. The number of aldehydes is 1. The maximum Gasteiger partial charge on any atom is 0.171 e. The lowest BCUT2D eigenvalue weighted by Crippen LogP contribution is -2.36. The summed E-state index contributed by atoms with van der Waals surface area (Å²) in [5.41, 5.74) is -0.198. The highest BCUT2D eigenvalue weighted by Crippen LogP contribution is 2.48. The zero-order chi connectivity index (χ0) is 14.8. The van der Waals surface area contributed by atoms with Gasteiger partial charge in [-0.3, -0.25) is 4.79 Å². The number of carbonyl (C=O) groups excluding carboxylic acids is 2. The van der Waals surface area contributed by atoms with Gasteiger partial charge in [0, 0.05) is 0 Å². The van der Waals surface area contributed by atoms with Gasteiger partial charge >= 0.3 is 0 Å². The van der Waals surface area contributed by atoms with Crippen LogP contribution in [0.2, 0.25) is 0 Å². The van der Waals surface area contributed by atoms with E-state index in [1.54, 1.807) is 0 Å². The van der Waals surface area contributed by atoms with Gasteiger partial charge in [-0.05, 0) is 38.0 Å². The van der Waals surface area contributed by atoms with Gasteiger partial charge in [-0.2, -0.15) is 10.5 Å². The van der Waals surface area contributed by atoms with E-state index in [0.717, 1.165) is 6.29 Å². The molecule has 0 spiro atoms. The average molecular weight is 268 g/mol.